The van der Waals surface area contributed by atoms with Gasteiger partial charge in [-0.05, 0) is 42.5 Å². The molecule has 1 atom stereocenters. The van der Waals surface area contributed by atoms with E-state index in [4.69, 9.17) is 4.74 Å². The Morgan fingerprint density at radius 1 is 1.13 bits per heavy atom. The lowest BCUT2D eigenvalue weighted by Crippen LogP contribution is -1.99. The van der Waals surface area contributed by atoms with E-state index >= 15 is 0 Å². The zero-order valence-electron chi connectivity index (χ0n) is 12.0. The second-order valence-electron chi connectivity index (χ2n) is 4.74. The summed E-state index contributed by atoms with van der Waals surface area (Å²) in [5.74, 6) is 0.866. The minimum atomic E-state index is -1.12. The minimum absolute atomic E-state index is 0.317. The number of anilines is 2. The zero-order valence-corrected chi connectivity index (χ0v) is 12.0. The lowest BCUT2D eigenvalue weighted by Gasteiger charge is -2.07. The largest absolute Gasteiger partial charge is 0.454 e. The first kappa shape index (κ1) is 14.9. The number of rotatable bonds is 4. The number of halogens is 2. The van der Waals surface area contributed by atoms with Crippen molar-refractivity contribution in [2.24, 2.45) is 0 Å². The van der Waals surface area contributed by atoms with E-state index in [1.165, 1.54) is 36.7 Å². The number of benzene rings is 1. The third-order valence-electron chi connectivity index (χ3n) is 2.94. The second-order valence-corrected chi connectivity index (χ2v) is 4.74. The maximum atomic E-state index is 13.1. The SMILES string of the molecule is Fc1cccc(Nc2ncc(OC3=CC=CC(F)C=C3)cn2)c1. The molecule has 1 aromatic heterocycles. The number of alkyl halides is 1. The van der Waals surface area contributed by atoms with Crippen LogP contribution in [0.5, 0.6) is 5.75 Å². The molecule has 0 fully saturated rings. The predicted molar refractivity (Wildman–Crippen MR) is 83.6 cm³/mol. The number of hydrogen-bond acceptors (Lipinski definition) is 4. The molecule has 0 aliphatic heterocycles. The molecule has 0 spiro atoms. The number of aromatic nitrogens is 2. The monoisotopic (exact) mass is 313 g/mol. The van der Waals surface area contributed by atoms with Crippen LogP contribution in [0.3, 0.4) is 0 Å². The molecule has 4 nitrogen and oxygen atoms in total. The van der Waals surface area contributed by atoms with Gasteiger partial charge in [-0.25, -0.2) is 18.7 Å². The third kappa shape index (κ3) is 4.23. The molecule has 1 N–H and O–H groups in total. The van der Waals surface area contributed by atoms with Crippen molar-refractivity contribution in [2.45, 2.75) is 6.17 Å². The molecule has 1 aliphatic carbocycles. The molecule has 0 radical (unpaired) electrons. The van der Waals surface area contributed by atoms with Gasteiger partial charge in [-0.3, -0.25) is 0 Å². The van der Waals surface area contributed by atoms with Crippen LogP contribution in [0.4, 0.5) is 20.4 Å². The fourth-order valence-electron chi connectivity index (χ4n) is 1.90. The topological polar surface area (TPSA) is 47.0 Å². The smallest absolute Gasteiger partial charge is 0.227 e. The highest BCUT2D eigenvalue weighted by atomic mass is 19.1. The summed E-state index contributed by atoms with van der Waals surface area (Å²) in [5.41, 5.74) is 0.548. The van der Waals surface area contributed by atoms with E-state index in [-0.39, 0.29) is 5.82 Å². The molecular formula is C17H13F2N3O. The van der Waals surface area contributed by atoms with Crippen LogP contribution >= 0.6 is 0 Å². The van der Waals surface area contributed by atoms with Crippen LogP contribution in [0.15, 0.2) is 72.8 Å². The van der Waals surface area contributed by atoms with Crippen molar-refractivity contribution >= 4 is 11.6 Å². The molecule has 1 aliphatic rings. The van der Waals surface area contributed by atoms with Crippen molar-refractivity contribution in [3.63, 3.8) is 0 Å². The first-order chi connectivity index (χ1) is 11.2. The van der Waals surface area contributed by atoms with Crippen molar-refractivity contribution in [1.29, 1.82) is 0 Å². The first-order valence-corrected chi connectivity index (χ1v) is 6.92. The van der Waals surface area contributed by atoms with E-state index in [0.29, 0.717) is 23.1 Å². The summed E-state index contributed by atoms with van der Waals surface area (Å²) in [7, 11) is 0. The Balaban J connectivity index is 1.66. The average molecular weight is 313 g/mol. The number of hydrogen-bond donors (Lipinski definition) is 1. The van der Waals surface area contributed by atoms with Crippen molar-refractivity contribution < 1.29 is 13.5 Å². The van der Waals surface area contributed by atoms with E-state index in [1.54, 1.807) is 30.4 Å². The Hall–Kier alpha value is -3.02. The van der Waals surface area contributed by atoms with Crippen molar-refractivity contribution in [1.82, 2.24) is 9.97 Å². The summed E-state index contributed by atoms with van der Waals surface area (Å²) in [6.07, 6.45) is 9.40. The Labute approximate surface area is 131 Å². The van der Waals surface area contributed by atoms with Gasteiger partial charge in [-0.2, -0.15) is 0 Å². The fourth-order valence-corrected chi connectivity index (χ4v) is 1.90. The maximum Gasteiger partial charge on any atom is 0.227 e. The number of allylic oxidation sites excluding steroid dienone is 5. The van der Waals surface area contributed by atoms with Gasteiger partial charge >= 0.3 is 0 Å². The van der Waals surface area contributed by atoms with Crippen LogP contribution in [-0.4, -0.2) is 16.1 Å². The van der Waals surface area contributed by atoms with E-state index in [9.17, 15) is 8.78 Å². The summed E-state index contributed by atoms with van der Waals surface area (Å²) in [4.78, 5) is 8.19. The van der Waals surface area contributed by atoms with Crippen LogP contribution in [-0.2, 0) is 0 Å². The van der Waals surface area contributed by atoms with Gasteiger partial charge in [0.05, 0.1) is 12.4 Å². The van der Waals surface area contributed by atoms with Gasteiger partial charge in [0.25, 0.3) is 0 Å². The number of ether oxygens (including phenoxy) is 1. The van der Waals surface area contributed by atoms with E-state index in [2.05, 4.69) is 15.3 Å². The molecule has 23 heavy (non-hydrogen) atoms. The van der Waals surface area contributed by atoms with Gasteiger partial charge < -0.3 is 10.1 Å². The highest BCUT2D eigenvalue weighted by Gasteiger charge is 2.04. The zero-order chi connectivity index (χ0) is 16.1. The molecule has 1 aromatic carbocycles. The van der Waals surface area contributed by atoms with E-state index < -0.39 is 6.17 Å². The van der Waals surface area contributed by atoms with Crippen LogP contribution in [0.2, 0.25) is 0 Å². The van der Waals surface area contributed by atoms with E-state index in [1.807, 2.05) is 0 Å². The lowest BCUT2D eigenvalue weighted by molar-refractivity contribution is 0.437. The Kier molecular flexibility index (Phi) is 4.42. The molecule has 0 saturated carbocycles. The quantitative estimate of drug-likeness (QED) is 0.923. The van der Waals surface area contributed by atoms with Gasteiger partial charge in [-0.15, -0.1) is 0 Å². The summed E-state index contributed by atoms with van der Waals surface area (Å²) >= 11 is 0. The Morgan fingerprint density at radius 3 is 2.74 bits per heavy atom. The Morgan fingerprint density at radius 2 is 1.96 bits per heavy atom. The van der Waals surface area contributed by atoms with Gasteiger partial charge in [0.15, 0.2) is 5.75 Å². The highest BCUT2D eigenvalue weighted by molar-refractivity contribution is 5.52. The maximum absolute atomic E-state index is 13.1. The lowest BCUT2D eigenvalue weighted by atomic mass is 10.3. The molecular weight excluding hydrogens is 300 g/mol. The fraction of sp³-hybridized carbons (Fsp3) is 0.0588. The van der Waals surface area contributed by atoms with Crippen molar-refractivity contribution in [3.8, 4) is 5.75 Å². The molecule has 3 rings (SSSR count). The van der Waals surface area contributed by atoms with Crippen molar-refractivity contribution in [3.05, 3.63) is 78.6 Å². The van der Waals surface area contributed by atoms with Gasteiger partial charge in [0.2, 0.25) is 5.95 Å². The summed E-state index contributed by atoms with van der Waals surface area (Å²) in [6.45, 7) is 0. The minimum Gasteiger partial charge on any atom is -0.454 e. The highest BCUT2D eigenvalue weighted by Crippen LogP contribution is 2.18. The molecule has 0 saturated heterocycles. The first-order valence-electron chi connectivity index (χ1n) is 6.92. The average Bonchev–Trinajstić information content (AvgIpc) is 2.74. The molecule has 6 heteroatoms. The number of nitrogens with zero attached hydrogens (tertiary/aromatic N) is 2. The normalized spacial score (nSPS) is 16.6. The summed E-state index contributed by atoms with van der Waals surface area (Å²) in [6, 6.07) is 5.99. The van der Waals surface area contributed by atoms with Gasteiger partial charge in [-0.1, -0.05) is 12.1 Å². The molecule has 1 unspecified atom stereocenters. The van der Waals surface area contributed by atoms with Gasteiger partial charge in [0.1, 0.15) is 17.7 Å². The van der Waals surface area contributed by atoms with Crippen LogP contribution < -0.4 is 10.1 Å². The van der Waals surface area contributed by atoms with Gasteiger partial charge in [0, 0.05) is 5.69 Å². The van der Waals surface area contributed by atoms with E-state index in [0.717, 1.165) is 0 Å². The van der Waals surface area contributed by atoms with Crippen LogP contribution in [0.1, 0.15) is 0 Å². The molecule has 0 bridgehead atoms. The predicted octanol–water partition coefficient (Wildman–Crippen LogP) is 4.09. The van der Waals surface area contributed by atoms with Crippen molar-refractivity contribution in [2.75, 3.05) is 5.32 Å². The molecule has 2 aromatic rings. The summed E-state index contributed by atoms with van der Waals surface area (Å²) in [5, 5.41) is 2.88. The third-order valence-corrected chi connectivity index (χ3v) is 2.94. The number of nitrogens with one attached hydrogen (secondary N) is 1. The molecule has 1 heterocycles. The van der Waals surface area contributed by atoms with Crippen LogP contribution in [0.25, 0.3) is 0 Å². The molecule has 116 valence electrons. The van der Waals surface area contributed by atoms with Crippen LogP contribution in [0, 0.1) is 5.82 Å². The Bertz CT molecular complexity index is 770. The molecule has 0 amide bonds. The summed E-state index contributed by atoms with van der Waals surface area (Å²) < 4.78 is 31.8. The second kappa shape index (κ2) is 6.83. The standard InChI is InChI=1S/C17H13F2N3O/c18-12-3-2-6-15(8-7-12)23-16-10-20-17(21-11-16)22-14-5-1-4-13(19)9-14/h1-12H,(H,20,21,22).